The van der Waals surface area contributed by atoms with Crippen LogP contribution in [0.15, 0.2) is 0 Å². The van der Waals surface area contributed by atoms with E-state index in [1.54, 1.807) is 0 Å². The van der Waals surface area contributed by atoms with Crippen molar-refractivity contribution in [3.05, 3.63) is 0 Å². The van der Waals surface area contributed by atoms with Crippen LogP contribution in [0.1, 0.15) is 44.9 Å². The number of rotatable bonds is 6. The number of unbranched alkanes of at least 4 members (excludes halogenated alkanes) is 1. The SMILES string of the molecule is O=C1NC[C@@H]1N(CCCCC1CCC(F)(F)CC1)C(=O)[O-]. The molecule has 1 heterocycles. The molecule has 2 rings (SSSR count). The summed E-state index contributed by atoms with van der Waals surface area (Å²) >= 11 is 0. The molecule has 0 radical (unpaired) electrons. The smallest absolute Gasteiger partial charge is 0.248 e. The Balaban J connectivity index is 1.64. The molecule has 0 spiro atoms. The number of carbonyl (C=O) groups is 2. The molecule has 0 aromatic heterocycles. The molecule has 21 heavy (non-hydrogen) atoms. The number of nitrogens with zero attached hydrogens (tertiary/aromatic N) is 1. The van der Waals surface area contributed by atoms with E-state index >= 15 is 0 Å². The number of carboxylic acid groups (broad SMARTS) is 1. The Morgan fingerprint density at radius 3 is 2.48 bits per heavy atom. The summed E-state index contributed by atoms with van der Waals surface area (Å²) in [4.78, 5) is 23.3. The van der Waals surface area contributed by atoms with Crippen molar-refractivity contribution >= 4 is 12.0 Å². The summed E-state index contributed by atoms with van der Waals surface area (Å²) in [5.74, 6) is -2.47. The molecule has 2 amide bonds. The predicted octanol–water partition coefficient (Wildman–Crippen LogP) is 1.13. The zero-order valence-electron chi connectivity index (χ0n) is 11.9. The fourth-order valence-electron chi connectivity index (χ4n) is 3.01. The number of alkyl halides is 2. The van der Waals surface area contributed by atoms with Crippen LogP contribution in [-0.2, 0) is 4.79 Å². The second-order valence-electron chi connectivity index (χ2n) is 6.02. The first-order valence-corrected chi connectivity index (χ1v) is 7.52. The first-order valence-electron chi connectivity index (χ1n) is 7.52. The highest BCUT2D eigenvalue weighted by molar-refractivity contribution is 5.90. The largest absolute Gasteiger partial charge is 0.530 e. The number of hydrogen-bond donors (Lipinski definition) is 1. The van der Waals surface area contributed by atoms with Gasteiger partial charge < -0.3 is 20.1 Å². The summed E-state index contributed by atoms with van der Waals surface area (Å²) < 4.78 is 26.0. The standard InChI is InChI=1S/C14H22F2N2O3/c15-14(16)6-4-10(5-7-14)3-1-2-8-18(13(20)21)11-9-17-12(11)19/h10-11H,1-9H2,(H,17,19)(H,20,21)/p-1/t11-/m0/s1. The Bertz CT molecular complexity index is 394. The minimum absolute atomic E-state index is 0.0366. The number of carbonyl (C=O) groups excluding carboxylic acids is 2. The Morgan fingerprint density at radius 1 is 1.33 bits per heavy atom. The Kier molecular flexibility index (Phi) is 5.00. The van der Waals surface area contributed by atoms with Crippen molar-refractivity contribution < 1.29 is 23.5 Å². The van der Waals surface area contributed by atoms with Crippen molar-refractivity contribution in [2.45, 2.75) is 56.9 Å². The van der Waals surface area contributed by atoms with Crippen LogP contribution in [0, 0.1) is 5.92 Å². The molecule has 0 aromatic carbocycles. The minimum Gasteiger partial charge on any atom is -0.530 e. The summed E-state index contributed by atoms with van der Waals surface area (Å²) in [5, 5.41) is 13.5. The highest BCUT2D eigenvalue weighted by Crippen LogP contribution is 2.37. The molecule has 2 fully saturated rings. The van der Waals surface area contributed by atoms with Gasteiger partial charge in [0.25, 0.3) is 0 Å². The van der Waals surface area contributed by atoms with Crippen molar-refractivity contribution in [1.29, 1.82) is 0 Å². The first-order chi connectivity index (χ1) is 9.89. The Hall–Kier alpha value is -1.40. The van der Waals surface area contributed by atoms with Gasteiger partial charge in [-0.15, -0.1) is 0 Å². The second kappa shape index (κ2) is 6.58. The van der Waals surface area contributed by atoms with Gasteiger partial charge in [-0.1, -0.05) is 12.8 Å². The predicted molar refractivity (Wildman–Crippen MR) is 69.7 cm³/mol. The lowest BCUT2D eigenvalue weighted by Crippen LogP contribution is -2.65. The minimum atomic E-state index is -2.50. The van der Waals surface area contributed by atoms with E-state index in [1.165, 1.54) is 0 Å². The number of amides is 2. The van der Waals surface area contributed by atoms with Gasteiger partial charge >= 0.3 is 0 Å². The average Bonchev–Trinajstić information content (AvgIpc) is 2.41. The molecule has 1 aliphatic carbocycles. The lowest BCUT2D eigenvalue weighted by molar-refractivity contribution is -0.268. The van der Waals surface area contributed by atoms with Crippen LogP contribution in [0.5, 0.6) is 0 Å². The zero-order valence-corrected chi connectivity index (χ0v) is 11.9. The molecule has 0 bridgehead atoms. The molecule has 0 unspecified atom stereocenters. The normalized spacial score (nSPS) is 25.0. The van der Waals surface area contributed by atoms with Crippen LogP contribution < -0.4 is 10.4 Å². The van der Waals surface area contributed by atoms with Gasteiger partial charge in [0, 0.05) is 25.9 Å². The van der Waals surface area contributed by atoms with Crippen LogP contribution in [0.2, 0.25) is 0 Å². The molecular formula is C14H21F2N2O3-. The molecule has 2 aliphatic rings. The van der Waals surface area contributed by atoms with Gasteiger partial charge in [-0.25, -0.2) is 8.78 Å². The molecule has 1 atom stereocenters. The Morgan fingerprint density at radius 2 is 2.00 bits per heavy atom. The van der Waals surface area contributed by atoms with Gasteiger partial charge in [0.05, 0.1) is 0 Å². The summed E-state index contributed by atoms with van der Waals surface area (Å²) in [6, 6.07) is -0.622. The monoisotopic (exact) mass is 303 g/mol. The molecular weight excluding hydrogens is 282 g/mol. The van der Waals surface area contributed by atoms with Gasteiger partial charge in [-0.2, -0.15) is 0 Å². The van der Waals surface area contributed by atoms with Gasteiger partial charge in [-0.05, 0) is 25.2 Å². The topological polar surface area (TPSA) is 72.5 Å². The van der Waals surface area contributed by atoms with Crippen LogP contribution in [0.25, 0.3) is 0 Å². The molecule has 120 valence electrons. The summed E-state index contributed by atoms with van der Waals surface area (Å²) in [6.07, 6.45) is 1.94. The Labute approximate surface area is 122 Å². The van der Waals surface area contributed by atoms with Crippen molar-refractivity contribution in [3.63, 3.8) is 0 Å². The molecule has 7 heteroatoms. The van der Waals surface area contributed by atoms with E-state index in [1.807, 2.05) is 0 Å². The van der Waals surface area contributed by atoms with E-state index in [-0.39, 0.29) is 25.3 Å². The maximum absolute atomic E-state index is 13.0. The lowest BCUT2D eigenvalue weighted by atomic mass is 9.84. The van der Waals surface area contributed by atoms with Crippen molar-refractivity contribution in [1.82, 2.24) is 10.2 Å². The maximum atomic E-state index is 13.0. The van der Waals surface area contributed by atoms with Crippen molar-refractivity contribution in [3.8, 4) is 0 Å². The summed E-state index contributed by atoms with van der Waals surface area (Å²) in [7, 11) is 0. The van der Waals surface area contributed by atoms with Crippen LogP contribution in [0.3, 0.4) is 0 Å². The fourth-order valence-corrected chi connectivity index (χ4v) is 3.01. The highest BCUT2D eigenvalue weighted by atomic mass is 19.3. The second-order valence-corrected chi connectivity index (χ2v) is 6.02. The van der Waals surface area contributed by atoms with Crippen molar-refractivity contribution in [2.24, 2.45) is 5.92 Å². The number of nitrogens with one attached hydrogen (secondary N) is 1. The first kappa shape index (κ1) is 16.0. The number of halogens is 2. The third kappa shape index (κ3) is 4.28. The van der Waals surface area contributed by atoms with Gasteiger partial charge in [-0.3, -0.25) is 4.79 Å². The number of β-lactam (4-membered cyclic amide) rings is 1. The van der Waals surface area contributed by atoms with Gasteiger partial charge in [0.2, 0.25) is 11.8 Å². The molecule has 0 aromatic rings. The fraction of sp³-hybridized carbons (Fsp3) is 0.857. The van der Waals surface area contributed by atoms with E-state index in [9.17, 15) is 23.5 Å². The van der Waals surface area contributed by atoms with Crippen LogP contribution in [0.4, 0.5) is 13.6 Å². The van der Waals surface area contributed by atoms with E-state index in [0.717, 1.165) is 17.7 Å². The third-order valence-electron chi connectivity index (χ3n) is 4.48. The molecule has 5 nitrogen and oxygen atoms in total. The summed E-state index contributed by atoms with van der Waals surface area (Å²) in [6.45, 7) is 0.605. The molecule has 1 saturated carbocycles. The van der Waals surface area contributed by atoms with E-state index in [0.29, 0.717) is 31.7 Å². The van der Waals surface area contributed by atoms with Gasteiger partial charge in [0.1, 0.15) is 12.1 Å². The maximum Gasteiger partial charge on any atom is 0.248 e. The van der Waals surface area contributed by atoms with E-state index < -0.39 is 18.1 Å². The molecule has 1 saturated heterocycles. The number of hydrogen-bond acceptors (Lipinski definition) is 3. The average molecular weight is 303 g/mol. The third-order valence-corrected chi connectivity index (χ3v) is 4.48. The van der Waals surface area contributed by atoms with Crippen molar-refractivity contribution in [2.75, 3.05) is 13.1 Å². The molecule has 1 N–H and O–H groups in total. The van der Waals surface area contributed by atoms with Crippen LogP contribution >= 0.6 is 0 Å². The van der Waals surface area contributed by atoms with E-state index in [4.69, 9.17) is 0 Å². The van der Waals surface area contributed by atoms with E-state index in [2.05, 4.69) is 5.32 Å². The van der Waals surface area contributed by atoms with Gasteiger partial charge in [0.15, 0.2) is 0 Å². The summed E-state index contributed by atoms with van der Waals surface area (Å²) in [5.41, 5.74) is 0. The van der Waals surface area contributed by atoms with Crippen LogP contribution in [-0.4, -0.2) is 42.0 Å². The molecule has 1 aliphatic heterocycles. The highest BCUT2D eigenvalue weighted by Gasteiger charge is 2.35. The quantitative estimate of drug-likeness (QED) is 0.590. The lowest BCUT2D eigenvalue weighted by Gasteiger charge is -2.38. The zero-order chi connectivity index (χ0) is 15.5.